The number of sulfonamides is 1. The van der Waals surface area contributed by atoms with Gasteiger partial charge in [0.2, 0.25) is 0 Å². The van der Waals surface area contributed by atoms with Crippen molar-refractivity contribution < 1.29 is 18.1 Å². The summed E-state index contributed by atoms with van der Waals surface area (Å²) in [6.45, 7) is 3.98. The molecule has 0 spiro atoms. The SMILES string of the molecule is C[C@H]1CCC[C@H](C)N1C(=O)c1ccccc1NS(=O)(=O)c1cccc([N+](=O)[O-])c1. The van der Waals surface area contributed by atoms with E-state index in [-0.39, 0.29) is 39.8 Å². The summed E-state index contributed by atoms with van der Waals surface area (Å²) in [7, 11) is -4.11. The summed E-state index contributed by atoms with van der Waals surface area (Å²) in [5.74, 6) is -0.234. The van der Waals surface area contributed by atoms with Crippen LogP contribution in [0.15, 0.2) is 53.4 Å². The number of nitrogens with one attached hydrogen (secondary N) is 1. The van der Waals surface area contributed by atoms with Crippen LogP contribution in [0.4, 0.5) is 11.4 Å². The Kier molecular flexibility index (Phi) is 5.88. The number of hydrogen-bond acceptors (Lipinski definition) is 5. The number of nitro groups is 1. The molecule has 0 bridgehead atoms. The highest BCUT2D eigenvalue weighted by Crippen LogP contribution is 2.28. The average molecular weight is 417 g/mol. The van der Waals surface area contributed by atoms with E-state index in [1.54, 1.807) is 23.1 Å². The van der Waals surface area contributed by atoms with Gasteiger partial charge in [-0.05, 0) is 51.3 Å². The third-order valence-corrected chi connectivity index (χ3v) is 6.53. The molecule has 0 aromatic heterocycles. The van der Waals surface area contributed by atoms with Gasteiger partial charge in [0.05, 0.1) is 21.1 Å². The van der Waals surface area contributed by atoms with Crippen molar-refractivity contribution in [2.24, 2.45) is 0 Å². The minimum Gasteiger partial charge on any atom is -0.333 e. The predicted octanol–water partition coefficient (Wildman–Crippen LogP) is 3.80. The maximum Gasteiger partial charge on any atom is 0.270 e. The molecule has 0 radical (unpaired) electrons. The number of piperidine rings is 1. The topological polar surface area (TPSA) is 110 Å². The van der Waals surface area contributed by atoms with Crippen molar-refractivity contribution in [1.82, 2.24) is 4.90 Å². The Morgan fingerprint density at radius 1 is 1.10 bits per heavy atom. The van der Waals surface area contributed by atoms with E-state index >= 15 is 0 Å². The fourth-order valence-corrected chi connectivity index (χ4v) is 4.81. The molecule has 1 heterocycles. The van der Waals surface area contributed by atoms with Gasteiger partial charge in [-0.15, -0.1) is 0 Å². The first-order valence-electron chi connectivity index (χ1n) is 9.39. The van der Waals surface area contributed by atoms with Gasteiger partial charge in [0.15, 0.2) is 0 Å². The number of hydrogen-bond donors (Lipinski definition) is 1. The van der Waals surface area contributed by atoms with Crippen LogP contribution >= 0.6 is 0 Å². The number of non-ortho nitro benzene ring substituents is 1. The number of para-hydroxylation sites is 1. The van der Waals surface area contributed by atoms with Crippen LogP contribution in [0.1, 0.15) is 43.5 Å². The van der Waals surface area contributed by atoms with Crippen molar-refractivity contribution in [2.45, 2.75) is 50.1 Å². The average Bonchev–Trinajstić information content (AvgIpc) is 2.68. The molecule has 8 nitrogen and oxygen atoms in total. The highest BCUT2D eigenvalue weighted by Gasteiger charge is 2.31. The van der Waals surface area contributed by atoms with Gasteiger partial charge >= 0.3 is 0 Å². The molecular weight excluding hydrogens is 394 g/mol. The zero-order chi connectivity index (χ0) is 21.2. The summed E-state index contributed by atoms with van der Waals surface area (Å²) in [6.07, 6.45) is 2.85. The number of likely N-dealkylation sites (tertiary alicyclic amines) is 1. The highest BCUT2D eigenvalue weighted by molar-refractivity contribution is 7.92. The number of carbonyl (C=O) groups excluding carboxylic acids is 1. The Morgan fingerprint density at radius 2 is 1.76 bits per heavy atom. The minimum absolute atomic E-state index is 0.0627. The van der Waals surface area contributed by atoms with Gasteiger partial charge in [-0.2, -0.15) is 0 Å². The van der Waals surface area contributed by atoms with Crippen molar-refractivity contribution in [3.05, 3.63) is 64.2 Å². The maximum absolute atomic E-state index is 13.2. The second-order valence-electron chi connectivity index (χ2n) is 7.25. The van der Waals surface area contributed by atoms with E-state index in [4.69, 9.17) is 0 Å². The highest BCUT2D eigenvalue weighted by atomic mass is 32.2. The van der Waals surface area contributed by atoms with Crippen LogP contribution in [0.3, 0.4) is 0 Å². The number of nitro benzene ring substituents is 1. The van der Waals surface area contributed by atoms with E-state index in [0.717, 1.165) is 25.3 Å². The standard InChI is InChI=1S/C20H23N3O5S/c1-14-7-5-8-15(2)22(14)20(24)18-11-3-4-12-19(18)21-29(27,28)17-10-6-9-16(13-17)23(25)26/h3-4,6,9-15,21H,5,7-8H2,1-2H3/t14-,15-/m0/s1. The lowest BCUT2D eigenvalue weighted by Crippen LogP contribution is -2.47. The van der Waals surface area contributed by atoms with E-state index < -0.39 is 14.9 Å². The lowest BCUT2D eigenvalue weighted by Gasteiger charge is -2.39. The molecule has 29 heavy (non-hydrogen) atoms. The molecule has 1 N–H and O–H groups in total. The molecule has 1 aliphatic heterocycles. The maximum atomic E-state index is 13.2. The Labute approximate surface area is 169 Å². The van der Waals surface area contributed by atoms with Crippen LogP contribution in [0.25, 0.3) is 0 Å². The van der Waals surface area contributed by atoms with Gasteiger partial charge in [-0.25, -0.2) is 8.42 Å². The Morgan fingerprint density at radius 3 is 2.41 bits per heavy atom. The van der Waals surface area contributed by atoms with Crippen LogP contribution in [0.2, 0.25) is 0 Å². The van der Waals surface area contributed by atoms with Crippen LogP contribution in [-0.4, -0.2) is 36.2 Å². The van der Waals surface area contributed by atoms with Gasteiger partial charge in [0.25, 0.3) is 21.6 Å². The first kappa shape index (κ1) is 20.8. The zero-order valence-corrected chi connectivity index (χ0v) is 17.1. The first-order chi connectivity index (χ1) is 13.7. The molecule has 0 unspecified atom stereocenters. The third-order valence-electron chi connectivity index (χ3n) is 5.17. The van der Waals surface area contributed by atoms with Crippen LogP contribution in [0, 0.1) is 10.1 Å². The number of rotatable bonds is 5. The lowest BCUT2D eigenvalue weighted by atomic mass is 9.96. The van der Waals surface area contributed by atoms with Gasteiger partial charge in [-0.3, -0.25) is 19.6 Å². The number of anilines is 1. The molecule has 1 fully saturated rings. The molecule has 0 saturated carbocycles. The van der Waals surface area contributed by atoms with Crippen molar-refractivity contribution in [1.29, 1.82) is 0 Å². The smallest absolute Gasteiger partial charge is 0.270 e. The molecule has 0 aliphatic carbocycles. The largest absolute Gasteiger partial charge is 0.333 e. The number of carbonyl (C=O) groups is 1. The second-order valence-corrected chi connectivity index (χ2v) is 8.93. The molecule has 2 aromatic carbocycles. The third kappa shape index (κ3) is 4.40. The van der Waals surface area contributed by atoms with Crippen molar-refractivity contribution in [2.75, 3.05) is 4.72 Å². The van der Waals surface area contributed by atoms with Gasteiger partial charge in [-0.1, -0.05) is 18.2 Å². The van der Waals surface area contributed by atoms with Gasteiger partial charge in [0, 0.05) is 24.2 Å². The number of amides is 1. The first-order valence-corrected chi connectivity index (χ1v) is 10.9. The van der Waals surface area contributed by atoms with Crippen molar-refractivity contribution in [3.63, 3.8) is 0 Å². The molecule has 2 atom stereocenters. The monoisotopic (exact) mass is 417 g/mol. The number of benzene rings is 2. The fourth-order valence-electron chi connectivity index (χ4n) is 3.69. The van der Waals surface area contributed by atoms with Crippen LogP contribution in [-0.2, 0) is 10.0 Å². The Bertz CT molecular complexity index is 1030. The molecule has 1 amide bonds. The molecule has 1 saturated heterocycles. The van der Waals surface area contributed by atoms with Crippen LogP contribution < -0.4 is 4.72 Å². The molecule has 1 aliphatic rings. The van der Waals surface area contributed by atoms with E-state index in [1.165, 1.54) is 24.3 Å². The van der Waals surface area contributed by atoms with E-state index in [2.05, 4.69) is 4.72 Å². The van der Waals surface area contributed by atoms with Gasteiger partial charge in [0.1, 0.15) is 0 Å². The number of nitrogens with zero attached hydrogens (tertiary/aromatic N) is 2. The summed E-state index contributed by atoms with van der Waals surface area (Å²) >= 11 is 0. The quantitative estimate of drug-likeness (QED) is 0.588. The zero-order valence-electron chi connectivity index (χ0n) is 16.2. The summed E-state index contributed by atoms with van der Waals surface area (Å²) < 4.78 is 28.0. The van der Waals surface area contributed by atoms with E-state index in [0.29, 0.717) is 0 Å². The van der Waals surface area contributed by atoms with Crippen molar-refractivity contribution >= 4 is 27.3 Å². The minimum atomic E-state index is -4.11. The second kappa shape index (κ2) is 8.20. The fraction of sp³-hybridized carbons (Fsp3) is 0.350. The van der Waals surface area contributed by atoms with Gasteiger partial charge < -0.3 is 4.90 Å². The molecule has 154 valence electrons. The Balaban J connectivity index is 1.94. The molecule has 3 rings (SSSR count). The van der Waals surface area contributed by atoms with Crippen molar-refractivity contribution in [3.8, 4) is 0 Å². The summed E-state index contributed by atoms with van der Waals surface area (Å²) in [4.78, 5) is 25.1. The summed E-state index contributed by atoms with van der Waals surface area (Å²) in [6, 6.07) is 11.3. The Hall–Kier alpha value is -2.94. The molecule has 2 aromatic rings. The lowest BCUT2D eigenvalue weighted by molar-refractivity contribution is -0.385. The van der Waals surface area contributed by atoms with Crippen LogP contribution in [0.5, 0.6) is 0 Å². The summed E-state index contributed by atoms with van der Waals surface area (Å²) in [5.41, 5.74) is 0.0734. The molecule has 9 heteroatoms. The predicted molar refractivity (Wildman–Crippen MR) is 109 cm³/mol. The normalized spacial score (nSPS) is 19.6. The van der Waals surface area contributed by atoms with E-state index in [9.17, 15) is 23.3 Å². The summed E-state index contributed by atoms with van der Waals surface area (Å²) in [5, 5.41) is 11.0. The van der Waals surface area contributed by atoms with E-state index in [1.807, 2.05) is 13.8 Å². The molecular formula is C20H23N3O5S.